The van der Waals surface area contributed by atoms with Crippen molar-refractivity contribution in [2.24, 2.45) is 0 Å². The third kappa shape index (κ3) is 1.13. The van der Waals surface area contributed by atoms with Crippen molar-refractivity contribution >= 4 is 16.9 Å². The number of benzene rings is 1. The number of nitrogens with two attached hydrogens (primary N) is 2. The normalized spacial score (nSPS) is 11.0. The van der Waals surface area contributed by atoms with E-state index in [1.807, 2.05) is 30.3 Å². The molecule has 0 aliphatic rings. The van der Waals surface area contributed by atoms with E-state index in [4.69, 9.17) is 16.0 Å². The van der Waals surface area contributed by atoms with E-state index in [2.05, 4.69) is 10.2 Å². The predicted octanol–water partition coefficient (Wildman–Crippen LogP) is 0.987. The van der Waals surface area contributed by atoms with E-state index in [1.165, 1.54) is 4.68 Å². The number of aromatic nitrogens is 3. The summed E-state index contributed by atoms with van der Waals surface area (Å²) in [5.74, 6) is 6.77. The Balaban J connectivity index is 2.23. The molecule has 0 aliphatic heterocycles. The molecular formula is C10H9N5O. The van der Waals surface area contributed by atoms with Gasteiger partial charge in [-0.05, 0) is 12.1 Å². The second-order valence-electron chi connectivity index (χ2n) is 3.40. The fourth-order valence-corrected chi connectivity index (χ4v) is 1.56. The van der Waals surface area contributed by atoms with Crippen LogP contribution < -0.4 is 11.6 Å². The molecule has 0 unspecified atom stereocenters. The summed E-state index contributed by atoms with van der Waals surface area (Å²) in [7, 11) is 0. The van der Waals surface area contributed by atoms with Gasteiger partial charge in [0.2, 0.25) is 11.8 Å². The van der Waals surface area contributed by atoms with Crippen LogP contribution in [0.1, 0.15) is 0 Å². The molecule has 16 heavy (non-hydrogen) atoms. The fourth-order valence-electron chi connectivity index (χ4n) is 1.56. The summed E-state index contributed by atoms with van der Waals surface area (Å²) < 4.78 is 6.78. The molecule has 80 valence electrons. The lowest BCUT2D eigenvalue weighted by Gasteiger charge is -1.95. The number of hydrogen-bond donors (Lipinski definition) is 2. The third-order valence-corrected chi connectivity index (χ3v) is 2.37. The van der Waals surface area contributed by atoms with Gasteiger partial charge in [0.25, 0.3) is 0 Å². The minimum absolute atomic E-state index is 0.149. The van der Waals surface area contributed by atoms with Gasteiger partial charge in [0.15, 0.2) is 5.76 Å². The van der Waals surface area contributed by atoms with Crippen LogP contribution in [0.4, 0.5) is 5.95 Å². The van der Waals surface area contributed by atoms with Gasteiger partial charge in [0, 0.05) is 5.39 Å². The van der Waals surface area contributed by atoms with Gasteiger partial charge in [0.05, 0.1) is 0 Å². The number of furan rings is 1. The Morgan fingerprint density at radius 1 is 1.19 bits per heavy atom. The summed E-state index contributed by atoms with van der Waals surface area (Å²) in [5, 5.41) is 8.50. The molecule has 2 heterocycles. The van der Waals surface area contributed by atoms with Gasteiger partial charge in [0.1, 0.15) is 5.58 Å². The van der Waals surface area contributed by atoms with Crippen molar-refractivity contribution in [1.29, 1.82) is 0 Å². The SMILES string of the molecule is Nc1nnc(-c2cc3ccccc3o2)n1N. The average Bonchev–Trinajstić information content (AvgIpc) is 2.84. The molecule has 2 aromatic heterocycles. The Labute approximate surface area is 90.4 Å². The van der Waals surface area contributed by atoms with Crippen molar-refractivity contribution in [3.05, 3.63) is 30.3 Å². The maximum atomic E-state index is 5.66. The molecule has 3 aromatic rings. The second-order valence-corrected chi connectivity index (χ2v) is 3.40. The summed E-state index contributed by atoms with van der Waals surface area (Å²) in [6, 6.07) is 9.50. The predicted molar refractivity (Wildman–Crippen MR) is 59.8 cm³/mol. The van der Waals surface area contributed by atoms with Crippen molar-refractivity contribution < 1.29 is 4.42 Å². The van der Waals surface area contributed by atoms with E-state index in [0.717, 1.165) is 11.0 Å². The highest BCUT2D eigenvalue weighted by Gasteiger charge is 2.13. The van der Waals surface area contributed by atoms with Crippen LogP contribution in [-0.2, 0) is 0 Å². The standard InChI is InChI=1S/C10H9N5O/c11-10-14-13-9(15(10)12)8-5-6-3-1-2-4-7(6)16-8/h1-5H,12H2,(H2,11,14). The molecule has 0 spiro atoms. The number of fused-ring (bicyclic) bond motifs is 1. The smallest absolute Gasteiger partial charge is 0.241 e. The van der Waals surface area contributed by atoms with Gasteiger partial charge >= 0.3 is 0 Å². The largest absolute Gasteiger partial charge is 0.453 e. The maximum Gasteiger partial charge on any atom is 0.241 e. The minimum Gasteiger partial charge on any atom is -0.453 e. The molecule has 6 nitrogen and oxygen atoms in total. The number of para-hydroxylation sites is 1. The Hall–Kier alpha value is -2.50. The molecule has 0 amide bonds. The molecule has 0 bridgehead atoms. The van der Waals surface area contributed by atoms with Gasteiger partial charge < -0.3 is 16.0 Å². The Bertz CT molecular complexity index is 621. The zero-order valence-corrected chi connectivity index (χ0v) is 8.29. The minimum atomic E-state index is 0.149. The molecule has 0 saturated carbocycles. The van der Waals surface area contributed by atoms with E-state index >= 15 is 0 Å². The highest BCUT2D eigenvalue weighted by molar-refractivity contribution is 5.81. The molecule has 6 heteroatoms. The Morgan fingerprint density at radius 3 is 2.69 bits per heavy atom. The van der Waals surface area contributed by atoms with Crippen molar-refractivity contribution in [2.75, 3.05) is 11.6 Å². The number of rotatable bonds is 1. The number of anilines is 1. The Kier molecular flexibility index (Phi) is 1.64. The van der Waals surface area contributed by atoms with Gasteiger partial charge in [-0.2, -0.15) is 0 Å². The van der Waals surface area contributed by atoms with Gasteiger partial charge in [-0.1, -0.05) is 18.2 Å². The van der Waals surface area contributed by atoms with Crippen LogP contribution in [0.2, 0.25) is 0 Å². The zero-order valence-electron chi connectivity index (χ0n) is 8.29. The first-order chi connectivity index (χ1) is 7.75. The van der Waals surface area contributed by atoms with Crippen LogP contribution in [0, 0.1) is 0 Å². The molecule has 0 fully saturated rings. The molecule has 0 radical (unpaired) electrons. The van der Waals surface area contributed by atoms with Gasteiger partial charge in [-0.15, -0.1) is 10.2 Å². The highest BCUT2D eigenvalue weighted by Crippen LogP contribution is 2.26. The van der Waals surface area contributed by atoms with E-state index in [-0.39, 0.29) is 5.95 Å². The van der Waals surface area contributed by atoms with Crippen molar-refractivity contribution in [3.63, 3.8) is 0 Å². The molecule has 0 aliphatic carbocycles. The summed E-state index contributed by atoms with van der Waals surface area (Å²) >= 11 is 0. The average molecular weight is 215 g/mol. The van der Waals surface area contributed by atoms with Crippen LogP contribution in [0.5, 0.6) is 0 Å². The first-order valence-corrected chi connectivity index (χ1v) is 4.70. The number of nitrogen functional groups attached to an aromatic ring is 2. The summed E-state index contributed by atoms with van der Waals surface area (Å²) in [4.78, 5) is 0. The molecule has 0 atom stereocenters. The zero-order chi connectivity index (χ0) is 11.1. The number of nitrogens with zero attached hydrogens (tertiary/aromatic N) is 3. The second kappa shape index (κ2) is 2.99. The van der Waals surface area contributed by atoms with Crippen LogP contribution in [0.25, 0.3) is 22.6 Å². The summed E-state index contributed by atoms with van der Waals surface area (Å²) in [6.45, 7) is 0. The monoisotopic (exact) mass is 215 g/mol. The molecule has 1 aromatic carbocycles. The highest BCUT2D eigenvalue weighted by atomic mass is 16.3. The van der Waals surface area contributed by atoms with Crippen molar-refractivity contribution in [1.82, 2.24) is 14.9 Å². The van der Waals surface area contributed by atoms with E-state index < -0.39 is 0 Å². The Morgan fingerprint density at radius 2 is 2.00 bits per heavy atom. The first-order valence-electron chi connectivity index (χ1n) is 4.70. The van der Waals surface area contributed by atoms with E-state index in [0.29, 0.717) is 11.6 Å². The molecular weight excluding hydrogens is 206 g/mol. The maximum absolute atomic E-state index is 5.66. The quantitative estimate of drug-likeness (QED) is 0.590. The van der Waals surface area contributed by atoms with E-state index in [9.17, 15) is 0 Å². The van der Waals surface area contributed by atoms with Crippen molar-refractivity contribution in [3.8, 4) is 11.6 Å². The lowest BCUT2D eigenvalue weighted by molar-refractivity contribution is 0.622. The van der Waals surface area contributed by atoms with Crippen molar-refractivity contribution in [2.45, 2.75) is 0 Å². The van der Waals surface area contributed by atoms with Gasteiger partial charge in [-0.25, -0.2) is 4.68 Å². The van der Waals surface area contributed by atoms with Gasteiger partial charge in [-0.3, -0.25) is 0 Å². The third-order valence-electron chi connectivity index (χ3n) is 2.37. The van der Waals surface area contributed by atoms with Crippen LogP contribution in [0.15, 0.2) is 34.7 Å². The first kappa shape index (κ1) is 8.78. The molecule has 4 N–H and O–H groups in total. The van der Waals surface area contributed by atoms with E-state index in [1.54, 1.807) is 0 Å². The lowest BCUT2D eigenvalue weighted by Crippen LogP contribution is -2.13. The summed E-state index contributed by atoms with van der Waals surface area (Å²) in [6.07, 6.45) is 0. The van der Waals surface area contributed by atoms with Crippen LogP contribution in [0.3, 0.4) is 0 Å². The number of hydrogen-bond acceptors (Lipinski definition) is 5. The lowest BCUT2D eigenvalue weighted by atomic mass is 10.2. The van der Waals surface area contributed by atoms with Crippen LogP contribution >= 0.6 is 0 Å². The van der Waals surface area contributed by atoms with Crippen LogP contribution in [-0.4, -0.2) is 14.9 Å². The molecule has 0 saturated heterocycles. The summed E-state index contributed by atoms with van der Waals surface area (Å²) in [5.41, 5.74) is 6.27. The molecule has 3 rings (SSSR count). The topological polar surface area (TPSA) is 95.9 Å². The fraction of sp³-hybridized carbons (Fsp3) is 0.